The van der Waals surface area contributed by atoms with Gasteiger partial charge in [0.05, 0.1) is 0 Å². The molecule has 0 saturated carbocycles. The van der Waals surface area contributed by atoms with Crippen molar-refractivity contribution in [3.63, 3.8) is 0 Å². The Hall–Kier alpha value is -1.62. The summed E-state index contributed by atoms with van der Waals surface area (Å²) in [5, 5.41) is 8.74. The standard InChI is InChI=1S/C11H14FNO3/c1-7-4-3-5-8(9(7)12)16-6-11(2,13)10(14)15/h3-5H,6,13H2,1-2H3,(H,14,15). The minimum atomic E-state index is -1.53. The zero-order valence-corrected chi connectivity index (χ0v) is 9.16. The summed E-state index contributed by atoms with van der Waals surface area (Å²) in [6.45, 7) is 2.62. The maximum absolute atomic E-state index is 13.5. The number of aryl methyl sites for hydroxylation is 1. The summed E-state index contributed by atoms with van der Waals surface area (Å²) < 4.78 is 18.5. The lowest BCUT2D eigenvalue weighted by Crippen LogP contribution is -2.50. The molecule has 3 N–H and O–H groups in total. The number of carboxylic acid groups (broad SMARTS) is 1. The maximum atomic E-state index is 13.5. The Morgan fingerprint density at radius 2 is 2.25 bits per heavy atom. The quantitative estimate of drug-likeness (QED) is 0.813. The monoisotopic (exact) mass is 227 g/mol. The number of halogens is 1. The van der Waals surface area contributed by atoms with Gasteiger partial charge in [0.1, 0.15) is 12.1 Å². The first kappa shape index (κ1) is 12.4. The molecule has 0 aromatic heterocycles. The highest BCUT2D eigenvalue weighted by molar-refractivity contribution is 5.78. The Kier molecular flexibility index (Phi) is 3.49. The highest BCUT2D eigenvalue weighted by atomic mass is 19.1. The number of hydrogen-bond donors (Lipinski definition) is 2. The number of carboxylic acids is 1. The predicted octanol–water partition coefficient (Wildman–Crippen LogP) is 1.31. The molecule has 5 heteroatoms. The summed E-state index contributed by atoms with van der Waals surface area (Å²) in [6.07, 6.45) is 0. The summed E-state index contributed by atoms with van der Waals surface area (Å²) in [5.41, 5.74) is 4.35. The number of carbonyl (C=O) groups is 1. The van der Waals surface area contributed by atoms with Crippen LogP contribution in [0.3, 0.4) is 0 Å². The molecule has 0 bridgehead atoms. The molecule has 1 rings (SSSR count). The SMILES string of the molecule is Cc1cccc(OCC(C)(N)C(=O)O)c1F. The molecule has 1 aromatic rings. The highest BCUT2D eigenvalue weighted by Crippen LogP contribution is 2.20. The maximum Gasteiger partial charge on any atom is 0.326 e. The molecular formula is C11H14FNO3. The Morgan fingerprint density at radius 1 is 1.62 bits per heavy atom. The minimum Gasteiger partial charge on any atom is -0.488 e. The molecule has 0 radical (unpaired) electrons. The number of benzene rings is 1. The molecule has 1 aromatic carbocycles. The van der Waals surface area contributed by atoms with E-state index in [0.29, 0.717) is 5.56 Å². The summed E-state index contributed by atoms with van der Waals surface area (Å²) >= 11 is 0. The van der Waals surface area contributed by atoms with Gasteiger partial charge in [0.15, 0.2) is 11.6 Å². The first-order valence-corrected chi connectivity index (χ1v) is 4.75. The van der Waals surface area contributed by atoms with Crippen LogP contribution in [0, 0.1) is 12.7 Å². The average Bonchev–Trinajstić information content (AvgIpc) is 2.20. The Bertz CT molecular complexity index is 404. The van der Waals surface area contributed by atoms with Crippen molar-refractivity contribution in [2.24, 2.45) is 5.73 Å². The third-order valence-corrected chi connectivity index (χ3v) is 2.17. The van der Waals surface area contributed by atoms with E-state index < -0.39 is 17.3 Å². The topological polar surface area (TPSA) is 72.5 Å². The van der Waals surface area contributed by atoms with Crippen LogP contribution in [0.25, 0.3) is 0 Å². The van der Waals surface area contributed by atoms with E-state index in [2.05, 4.69) is 0 Å². The summed E-state index contributed by atoms with van der Waals surface area (Å²) in [4.78, 5) is 10.7. The van der Waals surface area contributed by atoms with Crippen LogP contribution in [0.2, 0.25) is 0 Å². The fraction of sp³-hybridized carbons (Fsp3) is 0.364. The van der Waals surface area contributed by atoms with Crippen LogP contribution in [0.1, 0.15) is 12.5 Å². The number of nitrogens with two attached hydrogens (primary N) is 1. The van der Waals surface area contributed by atoms with Crippen molar-refractivity contribution in [2.45, 2.75) is 19.4 Å². The fourth-order valence-corrected chi connectivity index (χ4v) is 1.02. The molecule has 1 unspecified atom stereocenters. The third kappa shape index (κ3) is 2.70. The van der Waals surface area contributed by atoms with Gasteiger partial charge in [-0.05, 0) is 25.5 Å². The zero-order chi connectivity index (χ0) is 12.3. The lowest BCUT2D eigenvalue weighted by atomic mass is 10.1. The molecule has 0 aliphatic rings. The van der Waals surface area contributed by atoms with Crippen molar-refractivity contribution in [3.05, 3.63) is 29.6 Å². The molecule has 0 aliphatic heterocycles. The number of hydrogen-bond acceptors (Lipinski definition) is 3. The first-order chi connectivity index (χ1) is 7.34. The van der Waals surface area contributed by atoms with Crippen molar-refractivity contribution in [1.29, 1.82) is 0 Å². The third-order valence-electron chi connectivity index (χ3n) is 2.17. The number of aliphatic carboxylic acids is 1. The smallest absolute Gasteiger partial charge is 0.326 e. The largest absolute Gasteiger partial charge is 0.488 e. The second-order valence-electron chi connectivity index (χ2n) is 3.90. The first-order valence-electron chi connectivity index (χ1n) is 4.75. The Morgan fingerprint density at radius 3 is 2.81 bits per heavy atom. The lowest BCUT2D eigenvalue weighted by Gasteiger charge is -2.19. The van der Waals surface area contributed by atoms with Crippen LogP contribution in [0.15, 0.2) is 18.2 Å². The molecule has 16 heavy (non-hydrogen) atoms. The van der Waals surface area contributed by atoms with Crippen LogP contribution in [-0.4, -0.2) is 23.2 Å². The van der Waals surface area contributed by atoms with E-state index in [9.17, 15) is 9.18 Å². The summed E-state index contributed by atoms with van der Waals surface area (Å²) in [7, 11) is 0. The minimum absolute atomic E-state index is 0.0120. The van der Waals surface area contributed by atoms with E-state index in [1.807, 2.05) is 0 Å². The van der Waals surface area contributed by atoms with Crippen molar-refractivity contribution in [3.8, 4) is 5.75 Å². The summed E-state index contributed by atoms with van der Waals surface area (Å²) in [6, 6.07) is 4.66. The van der Waals surface area contributed by atoms with Crippen molar-refractivity contribution in [2.75, 3.05) is 6.61 Å². The van der Waals surface area contributed by atoms with Gasteiger partial charge in [-0.1, -0.05) is 12.1 Å². The molecule has 0 amide bonds. The van der Waals surface area contributed by atoms with E-state index in [1.54, 1.807) is 19.1 Å². The molecule has 0 heterocycles. The molecular weight excluding hydrogens is 213 g/mol. The highest BCUT2D eigenvalue weighted by Gasteiger charge is 2.29. The number of rotatable bonds is 4. The average molecular weight is 227 g/mol. The lowest BCUT2D eigenvalue weighted by molar-refractivity contribution is -0.143. The van der Waals surface area contributed by atoms with E-state index in [-0.39, 0.29) is 12.4 Å². The van der Waals surface area contributed by atoms with Gasteiger partial charge in [0.2, 0.25) is 0 Å². The van der Waals surface area contributed by atoms with Crippen LogP contribution in [0.5, 0.6) is 5.75 Å². The molecule has 0 fully saturated rings. The molecule has 0 spiro atoms. The molecule has 88 valence electrons. The normalized spacial score (nSPS) is 14.2. The van der Waals surface area contributed by atoms with Crippen molar-refractivity contribution >= 4 is 5.97 Å². The van der Waals surface area contributed by atoms with Crippen LogP contribution < -0.4 is 10.5 Å². The Labute approximate surface area is 92.8 Å². The van der Waals surface area contributed by atoms with Crippen LogP contribution in [0.4, 0.5) is 4.39 Å². The second kappa shape index (κ2) is 4.49. The van der Waals surface area contributed by atoms with Gasteiger partial charge >= 0.3 is 5.97 Å². The Balaban J connectivity index is 2.76. The van der Waals surface area contributed by atoms with Crippen molar-refractivity contribution < 1.29 is 19.0 Å². The van der Waals surface area contributed by atoms with Gasteiger partial charge in [-0.3, -0.25) is 4.79 Å². The van der Waals surface area contributed by atoms with Gasteiger partial charge in [0.25, 0.3) is 0 Å². The van der Waals surface area contributed by atoms with Gasteiger partial charge in [0, 0.05) is 0 Å². The van der Waals surface area contributed by atoms with Crippen molar-refractivity contribution in [1.82, 2.24) is 0 Å². The van der Waals surface area contributed by atoms with Gasteiger partial charge in [-0.25, -0.2) is 4.39 Å². The molecule has 1 atom stereocenters. The molecule has 0 saturated heterocycles. The predicted molar refractivity (Wildman–Crippen MR) is 56.9 cm³/mol. The molecule has 0 aliphatic carbocycles. The zero-order valence-electron chi connectivity index (χ0n) is 9.16. The summed E-state index contributed by atoms with van der Waals surface area (Å²) in [5.74, 6) is -1.68. The van der Waals surface area contributed by atoms with Gasteiger partial charge in [-0.2, -0.15) is 0 Å². The van der Waals surface area contributed by atoms with E-state index >= 15 is 0 Å². The molecule has 4 nitrogen and oxygen atoms in total. The number of ether oxygens (including phenoxy) is 1. The van der Waals surface area contributed by atoms with E-state index in [0.717, 1.165) is 0 Å². The second-order valence-corrected chi connectivity index (χ2v) is 3.90. The van der Waals surface area contributed by atoms with E-state index in [1.165, 1.54) is 13.0 Å². The van der Waals surface area contributed by atoms with Gasteiger partial charge < -0.3 is 15.6 Å². The van der Waals surface area contributed by atoms with Crippen LogP contribution >= 0.6 is 0 Å². The fourth-order valence-electron chi connectivity index (χ4n) is 1.02. The van der Waals surface area contributed by atoms with E-state index in [4.69, 9.17) is 15.6 Å². The van der Waals surface area contributed by atoms with Crippen LogP contribution in [-0.2, 0) is 4.79 Å². The van der Waals surface area contributed by atoms with Gasteiger partial charge in [-0.15, -0.1) is 0 Å².